The summed E-state index contributed by atoms with van der Waals surface area (Å²) >= 11 is 0. The summed E-state index contributed by atoms with van der Waals surface area (Å²) in [6, 6.07) is 17.1. The highest BCUT2D eigenvalue weighted by Crippen LogP contribution is 2.36. The molecule has 0 aliphatic carbocycles. The molecule has 35 heavy (non-hydrogen) atoms. The lowest BCUT2D eigenvalue weighted by Gasteiger charge is -2.23. The first kappa shape index (κ1) is 21.3. The molecule has 0 saturated carbocycles. The molecule has 3 aromatic heterocycles. The number of pyridine rings is 1. The lowest BCUT2D eigenvalue weighted by Crippen LogP contribution is -2.18. The molecule has 0 radical (unpaired) electrons. The van der Waals surface area contributed by atoms with Crippen LogP contribution >= 0.6 is 0 Å². The number of hydrogen-bond donors (Lipinski definition) is 0. The molecule has 1 aliphatic heterocycles. The van der Waals surface area contributed by atoms with Gasteiger partial charge >= 0.3 is 0 Å². The Hall–Kier alpha value is -4.26. The molecule has 1 aliphatic rings. The van der Waals surface area contributed by atoms with Gasteiger partial charge in [-0.2, -0.15) is 5.10 Å². The van der Waals surface area contributed by atoms with Gasteiger partial charge in [-0.3, -0.25) is 0 Å². The number of aryl methyl sites for hydroxylation is 2. The van der Waals surface area contributed by atoms with Gasteiger partial charge in [-0.25, -0.2) is 19.6 Å². The van der Waals surface area contributed by atoms with E-state index in [1.165, 1.54) is 16.3 Å². The third-order valence-electron chi connectivity index (χ3n) is 6.55. The maximum absolute atomic E-state index is 5.45. The largest absolute Gasteiger partial charge is 0.480 e. The molecular weight excluding hydrogens is 436 g/mol. The fourth-order valence-corrected chi connectivity index (χ4v) is 4.90. The van der Waals surface area contributed by atoms with Crippen molar-refractivity contribution in [3.05, 3.63) is 95.7 Å². The van der Waals surface area contributed by atoms with Crippen LogP contribution in [0.15, 0.2) is 67.3 Å². The van der Waals surface area contributed by atoms with Gasteiger partial charge in [-0.05, 0) is 59.9 Å². The number of nitrogens with zero attached hydrogens (tertiary/aromatic N) is 6. The van der Waals surface area contributed by atoms with Gasteiger partial charge in [-0.15, -0.1) is 0 Å². The molecule has 5 aromatic rings. The Kier molecular flexibility index (Phi) is 5.37. The quantitative estimate of drug-likeness (QED) is 0.349. The van der Waals surface area contributed by atoms with E-state index in [4.69, 9.17) is 14.8 Å². The van der Waals surface area contributed by atoms with Gasteiger partial charge < -0.3 is 9.30 Å². The van der Waals surface area contributed by atoms with Crippen molar-refractivity contribution in [2.75, 3.05) is 7.11 Å². The average molecular weight is 463 g/mol. The molecule has 0 fully saturated rings. The highest BCUT2D eigenvalue weighted by molar-refractivity contribution is 5.86. The molecule has 2 aromatic carbocycles. The Morgan fingerprint density at radius 2 is 1.94 bits per heavy atom. The summed E-state index contributed by atoms with van der Waals surface area (Å²) in [5, 5.41) is 7.35. The van der Waals surface area contributed by atoms with Crippen molar-refractivity contribution < 1.29 is 4.74 Å². The molecule has 0 amide bonds. The predicted octanol–water partition coefficient (Wildman–Crippen LogP) is 5.43. The minimum Gasteiger partial charge on any atom is -0.480 e. The van der Waals surface area contributed by atoms with Crippen molar-refractivity contribution >= 4 is 22.9 Å². The fraction of sp³-hybridized carbons (Fsp3) is 0.214. The van der Waals surface area contributed by atoms with E-state index in [0.717, 1.165) is 42.2 Å². The Morgan fingerprint density at radius 3 is 2.80 bits per heavy atom. The van der Waals surface area contributed by atoms with Crippen LogP contribution in [0.4, 0.5) is 0 Å². The number of ether oxygens (including phenoxy) is 1. The van der Waals surface area contributed by atoms with E-state index in [1.807, 2.05) is 35.9 Å². The maximum atomic E-state index is 5.45. The lowest BCUT2D eigenvalue weighted by atomic mass is 9.88. The zero-order valence-electron chi connectivity index (χ0n) is 19.8. The van der Waals surface area contributed by atoms with E-state index >= 15 is 0 Å². The Bertz CT molecular complexity index is 1540. The van der Waals surface area contributed by atoms with Crippen LogP contribution in [0.1, 0.15) is 47.2 Å². The number of benzene rings is 2. The SMILES string of the molecule is COc1ncc(/C=C/c2nc3n(n2)CCC[C@@H]3c2cccc3ccccc23)cc1-n1cnc(C)c1. The molecule has 174 valence electrons. The highest BCUT2D eigenvalue weighted by Gasteiger charge is 2.26. The monoisotopic (exact) mass is 462 g/mol. The third kappa shape index (κ3) is 3.99. The van der Waals surface area contributed by atoms with Crippen LogP contribution in [-0.2, 0) is 6.54 Å². The summed E-state index contributed by atoms with van der Waals surface area (Å²) in [4.78, 5) is 13.7. The Labute approximate surface area is 203 Å². The van der Waals surface area contributed by atoms with Crippen LogP contribution in [-0.4, -0.2) is 36.4 Å². The summed E-state index contributed by atoms with van der Waals surface area (Å²) in [6.07, 6.45) is 11.6. The normalized spacial score (nSPS) is 15.5. The van der Waals surface area contributed by atoms with Crippen molar-refractivity contribution in [1.29, 1.82) is 0 Å². The number of methoxy groups -OCH3 is 1. The van der Waals surface area contributed by atoms with Gasteiger partial charge in [-0.1, -0.05) is 42.5 Å². The number of rotatable bonds is 5. The van der Waals surface area contributed by atoms with Crippen molar-refractivity contribution in [2.45, 2.75) is 32.2 Å². The highest BCUT2D eigenvalue weighted by atomic mass is 16.5. The molecule has 7 nitrogen and oxygen atoms in total. The van der Waals surface area contributed by atoms with E-state index in [9.17, 15) is 0 Å². The summed E-state index contributed by atoms with van der Waals surface area (Å²) in [5.74, 6) is 2.54. The zero-order valence-corrected chi connectivity index (χ0v) is 19.8. The summed E-state index contributed by atoms with van der Waals surface area (Å²) in [6.45, 7) is 2.85. The van der Waals surface area contributed by atoms with E-state index in [2.05, 4.69) is 57.1 Å². The van der Waals surface area contributed by atoms with Crippen LogP contribution in [0.2, 0.25) is 0 Å². The van der Waals surface area contributed by atoms with Crippen molar-refractivity contribution in [2.24, 2.45) is 0 Å². The van der Waals surface area contributed by atoms with Gasteiger partial charge in [0.2, 0.25) is 5.88 Å². The van der Waals surface area contributed by atoms with Gasteiger partial charge in [0.15, 0.2) is 5.82 Å². The third-order valence-corrected chi connectivity index (χ3v) is 6.55. The average Bonchev–Trinajstić information content (AvgIpc) is 3.52. The molecular formula is C28H26N6O. The molecule has 0 N–H and O–H groups in total. The van der Waals surface area contributed by atoms with Crippen LogP contribution in [0.25, 0.3) is 28.6 Å². The number of imidazole rings is 1. The number of fused-ring (bicyclic) bond motifs is 2. The predicted molar refractivity (Wildman–Crippen MR) is 137 cm³/mol. The van der Waals surface area contributed by atoms with Crippen molar-refractivity contribution in [3.63, 3.8) is 0 Å². The Balaban J connectivity index is 1.32. The topological polar surface area (TPSA) is 70.7 Å². The summed E-state index contributed by atoms with van der Waals surface area (Å²) in [7, 11) is 1.62. The van der Waals surface area contributed by atoms with Crippen LogP contribution in [0.3, 0.4) is 0 Å². The van der Waals surface area contributed by atoms with Gasteiger partial charge in [0.25, 0.3) is 0 Å². The van der Waals surface area contributed by atoms with Crippen molar-refractivity contribution in [3.8, 4) is 11.6 Å². The Morgan fingerprint density at radius 1 is 1.06 bits per heavy atom. The smallest absolute Gasteiger partial charge is 0.238 e. The lowest BCUT2D eigenvalue weighted by molar-refractivity contribution is 0.396. The summed E-state index contributed by atoms with van der Waals surface area (Å²) < 4.78 is 9.44. The first-order valence-corrected chi connectivity index (χ1v) is 11.8. The second kappa shape index (κ2) is 8.83. The minimum absolute atomic E-state index is 0.239. The van der Waals surface area contributed by atoms with E-state index in [-0.39, 0.29) is 5.92 Å². The number of hydrogen-bond acceptors (Lipinski definition) is 5. The van der Waals surface area contributed by atoms with E-state index < -0.39 is 0 Å². The molecule has 0 spiro atoms. The summed E-state index contributed by atoms with van der Waals surface area (Å²) in [5.41, 5.74) is 4.03. The molecule has 4 heterocycles. The molecule has 0 bridgehead atoms. The fourth-order valence-electron chi connectivity index (χ4n) is 4.90. The second-order valence-corrected chi connectivity index (χ2v) is 8.87. The van der Waals surface area contributed by atoms with Gasteiger partial charge in [0, 0.05) is 24.9 Å². The first-order valence-electron chi connectivity index (χ1n) is 11.8. The number of aromatic nitrogens is 6. The van der Waals surface area contributed by atoms with Gasteiger partial charge in [0.1, 0.15) is 11.5 Å². The maximum Gasteiger partial charge on any atom is 0.238 e. The van der Waals surface area contributed by atoms with Crippen LogP contribution in [0.5, 0.6) is 5.88 Å². The zero-order chi connectivity index (χ0) is 23.8. The van der Waals surface area contributed by atoms with Crippen molar-refractivity contribution in [1.82, 2.24) is 29.3 Å². The van der Waals surface area contributed by atoms with Crippen LogP contribution in [0, 0.1) is 6.92 Å². The molecule has 6 rings (SSSR count). The first-order chi connectivity index (χ1) is 17.2. The molecule has 7 heteroatoms. The van der Waals surface area contributed by atoms with E-state index in [0.29, 0.717) is 11.7 Å². The standard InChI is InChI=1S/C28H26N6O/c1-19-17-33(18-30-19)25-15-20(16-29-28(25)35-2)12-13-26-31-27-24(11-6-14-34(27)32-26)23-10-5-8-21-7-3-4-9-22(21)23/h3-5,7-10,12-13,15-18,24H,6,11,14H2,1-2H3/b13-12+/t24-/m1/s1. The van der Waals surface area contributed by atoms with Crippen LogP contribution < -0.4 is 4.74 Å². The molecule has 0 saturated heterocycles. The minimum atomic E-state index is 0.239. The molecule has 0 unspecified atom stereocenters. The van der Waals surface area contributed by atoms with E-state index in [1.54, 1.807) is 19.6 Å². The molecule has 1 atom stereocenters. The second-order valence-electron chi connectivity index (χ2n) is 8.87. The van der Waals surface area contributed by atoms with Gasteiger partial charge in [0.05, 0.1) is 19.1 Å².